The van der Waals surface area contributed by atoms with Crippen LogP contribution in [0.1, 0.15) is 24.7 Å². The number of hydrogen-bond donors (Lipinski definition) is 1. The Bertz CT molecular complexity index is 357. The van der Waals surface area contributed by atoms with E-state index in [4.69, 9.17) is 0 Å². The number of anilines is 1. The lowest BCUT2D eigenvalue weighted by Gasteiger charge is -2.21. The quantitative estimate of drug-likeness (QED) is 0.731. The topological polar surface area (TPSA) is 41.1 Å². The van der Waals surface area contributed by atoms with Gasteiger partial charge >= 0.3 is 0 Å². The van der Waals surface area contributed by atoms with Crippen LogP contribution >= 0.6 is 11.8 Å². The molecule has 0 amide bonds. The van der Waals surface area contributed by atoms with Gasteiger partial charge in [0.2, 0.25) is 0 Å². The highest BCUT2D eigenvalue weighted by molar-refractivity contribution is 7.98. The van der Waals surface area contributed by atoms with Crippen molar-refractivity contribution >= 4 is 17.6 Å². The molecule has 0 aliphatic carbocycles. The average Bonchev–Trinajstić information content (AvgIpc) is 2.38. The lowest BCUT2D eigenvalue weighted by molar-refractivity contribution is 0.669. The van der Waals surface area contributed by atoms with Crippen LogP contribution in [0.3, 0.4) is 0 Å². The number of nitrogens with zero attached hydrogens (tertiary/aromatic N) is 3. The Kier molecular flexibility index (Phi) is 7.05. The number of nitrogens with one attached hydrogen (secondary N) is 1. The average molecular weight is 268 g/mol. The molecule has 0 radical (unpaired) electrons. The van der Waals surface area contributed by atoms with E-state index in [2.05, 4.69) is 40.4 Å². The zero-order valence-corrected chi connectivity index (χ0v) is 12.7. The van der Waals surface area contributed by atoms with Crippen LogP contribution in [0.4, 0.5) is 5.82 Å². The maximum Gasteiger partial charge on any atom is 0.136 e. The zero-order valence-electron chi connectivity index (χ0n) is 11.9. The maximum atomic E-state index is 4.57. The Morgan fingerprint density at radius 1 is 1.44 bits per heavy atom. The van der Waals surface area contributed by atoms with Gasteiger partial charge in [0.25, 0.3) is 0 Å². The first kappa shape index (κ1) is 15.2. The molecule has 0 bridgehead atoms. The predicted molar refractivity (Wildman–Crippen MR) is 80.4 cm³/mol. The SMILES string of the molecule is CCCNCc1cnc(C)nc1N(C)CCSC. The Morgan fingerprint density at radius 2 is 2.22 bits per heavy atom. The molecule has 5 heteroatoms. The van der Waals surface area contributed by atoms with Gasteiger partial charge in [-0.3, -0.25) is 0 Å². The van der Waals surface area contributed by atoms with Crippen LogP contribution < -0.4 is 10.2 Å². The number of rotatable bonds is 8. The summed E-state index contributed by atoms with van der Waals surface area (Å²) in [6.45, 7) is 6.99. The highest BCUT2D eigenvalue weighted by atomic mass is 32.2. The van der Waals surface area contributed by atoms with Crippen LogP contribution in [0.5, 0.6) is 0 Å². The Hall–Kier alpha value is -0.810. The summed E-state index contributed by atoms with van der Waals surface area (Å²) in [5, 5.41) is 3.41. The van der Waals surface area contributed by atoms with Gasteiger partial charge in [-0.1, -0.05) is 6.92 Å². The van der Waals surface area contributed by atoms with E-state index in [0.717, 1.165) is 43.5 Å². The summed E-state index contributed by atoms with van der Waals surface area (Å²) in [6.07, 6.45) is 5.21. The fraction of sp³-hybridized carbons (Fsp3) is 0.692. The van der Waals surface area contributed by atoms with Gasteiger partial charge in [0.15, 0.2) is 0 Å². The molecule has 1 aromatic heterocycles. The first-order chi connectivity index (χ1) is 8.69. The molecule has 0 aliphatic rings. The van der Waals surface area contributed by atoms with Crippen molar-refractivity contribution in [3.63, 3.8) is 0 Å². The molecular formula is C13H24N4S. The Balaban J connectivity index is 2.75. The van der Waals surface area contributed by atoms with Crippen LogP contribution in [0.25, 0.3) is 0 Å². The first-order valence-corrected chi connectivity index (χ1v) is 7.81. The third-order valence-electron chi connectivity index (χ3n) is 2.70. The molecule has 4 nitrogen and oxygen atoms in total. The Labute approximate surface area is 115 Å². The minimum Gasteiger partial charge on any atom is -0.358 e. The van der Waals surface area contributed by atoms with Gasteiger partial charge in [-0.25, -0.2) is 9.97 Å². The van der Waals surface area contributed by atoms with Crippen molar-refractivity contribution in [2.24, 2.45) is 0 Å². The van der Waals surface area contributed by atoms with Crippen molar-refractivity contribution in [2.75, 3.05) is 37.0 Å². The molecule has 0 saturated heterocycles. The van der Waals surface area contributed by atoms with E-state index in [1.807, 2.05) is 24.9 Å². The van der Waals surface area contributed by atoms with Crippen LogP contribution in [0.15, 0.2) is 6.20 Å². The number of aromatic nitrogens is 2. The van der Waals surface area contributed by atoms with E-state index in [-0.39, 0.29) is 0 Å². The third kappa shape index (κ3) is 4.82. The molecule has 1 rings (SSSR count). The second kappa shape index (κ2) is 8.32. The second-order valence-corrected chi connectivity index (χ2v) is 5.34. The van der Waals surface area contributed by atoms with E-state index < -0.39 is 0 Å². The summed E-state index contributed by atoms with van der Waals surface area (Å²) in [4.78, 5) is 11.1. The molecule has 0 atom stereocenters. The fourth-order valence-electron chi connectivity index (χ4n) is 1.67. The summed E-state index contributed by atoms with van der Waals surface area (Å²) >= 11 is 1.86. The molecule has 0 unspecified atom stereocenters. The maximum absolute atomic E-state index is 4.57. The van der Waals surface area contributed by atoms with E-state index in [1.54, 1.807) is 0 Å². The standard InChI is InChI=1S/C13H24N4S/c1-5-6-14-9-12-10-15-11(2)16-13(12)17(3)7-8-18-4/h10,14H,5-9H2,1-4H3. The molecule has 1 aromatic rings. The van der Waals surface area contributed by atoms with Crippen LogP contribution in [0.2, 0.25) is 0 Å². The predicted octanol–water partition coefficient (Wildman–Crippen LogP) is 2.08. The number of thioether (sulfide) groups is 1. The summed E-state index contributed by atoms with van der Waals surface area (Å²) in [5.41, 5.74) is 1.18. The van der Waals surface area contributed by atoms with Crippen molar-refractivity contribution < 1.29 is 0 Å². The third-order valence-corrected chi connectivity index (χ3v) is 3.29. The molecule has 0 spiro atoms. The van der Waals surface area contributed by atoms with Crippen LogP contribution in [0, 0.1) is 6.92 Å². The highest BCUT2D eigenvalue weighted by Crippen LogP contribution is 2.16. The molecule has 0 fully saturated rings. The zero-order chi connectivity index (χ0) is 13.4. The van der Waals surface area contributed by atoms with Gasteiger partial charge < -0.3 is 10.2 Å². The molecule has 1 heterocycles. The highest BCUT2D eigenvalue weighted by Gasteiger charge is 2.09. The summed E-state index contributed by atoms with van der Waals surface area (Å²) in [5.74, 6) is 3.00. The van der Waals surface area contributed by atoms with Gasteiger partial charge in [0.1, 0.15) is 11.6 Å². The lowest BCUT2D eigenvalue weighted by Crippen LogP contribution is -2.25. The van der Waals surface area contributed by atoms with Crippen molar-refractivity contribution in [1.82, 2.24) is 15.3 Å². The van der Waals surface area contributed by atoms with Gasteiger partial charge in [0, 0.05) is 37.7 Å². The first-order valence-electron chi connectivity index (χ1n) is 6.42. The number of aryl methyl sites for hydroxylation is 1. The van der Waals surface area contributed by atoms with Gasteiger partial charge in [-0.2, -0.15) is 11.8 Å². The minimum atomic E-state index is 0.834. The summed E-state index contributed by atoms with van der Waals surface area (Å²) < 4.78 is 0. The Morgan fingerprint density at radius 3 is 2.89 bits per heavy atom. The molecule has 0 aliphatic heterocycles. The van der Waals surface area contributed by atoms with Crippen LogP contribution in [-0.4, -0.2) is 42.1 Å². The van der Waals surface area contributed by atoms with Crippen molar-refractivity contribution in [1.29, 1.82) is 0 Å². The van der Waals surface area contributed by atoms with E-state index >= 15 is 0 Å². The van der Waals surface area contributed by atoms with E-state index in [0.29, 0.717) is 0 Å². The van der Waals surface area contributed by atoms with Crippen molar-refractivity contribution in [3.8, 4) is 0 Å². The molecule has 18 heavy (non-hydrogen) atoms. The molecule has 102 valence electrons. The van der Waals surface area contributed by atoms with Gasteiger partial charge in [-0.05, 0) is 26.1 Å². The molecule has 0 saturated carbocycles. The molecule has 1 N–H and O–H groups in total. The lowest BCUT2D eigenvalue weighted by atomic mass is 10.2. The van der Waals surface area contributed by atoms with Gasteiger partial charge in [-0.15, -0.1) is 0 Å². The smallest absolute Gasteiger partial charge is 0.136 e. The van der Waals surface area contributed by atoms with Crippen LogP contribution in [-0.2, 0) is 6.54 Å². The monoisotopic (exact) mass is 268 g/mol. The van der Waals surface area contributed by atoms with E-state index in [1.165, 1.54) is 5.56 Å². The van der Waals surface area contributed by atoms with E-state index in [9.17, 15) is 0 Å². The van der Waals surface area contributed by atoms with Crippen molar-refractivity contribution in [3.05, 3.63) is 17.6 Å². The second-order valence-electron chi connectivity index (χ2n) is 4.36. The summed E-state index contributed by atoms with van der Waals surface area (Å²) in [7, 11) is 2.10. The normalized spacial score (nSPS) is 10.7. The molecule has 0 aromatic carbocycles. The fourth-order valence-corrected chi connectivity index (χ4v) is 2.13. The van der Waals surface area contributed by atoms with Gasteiger partial charge in [0.05, 0.1) is 0 Å². The molecular weight excluding hydrogens is 244 g/mol. The summed E-state index contributed by atoms with van der Waals surface area (Å²) in [6, 6.07) is 0. The largest absolute Gasteiger partial charge is 0.358 e. The minimum absolute atomic E-state index is 0.834. The number of hydrogen-bond acceptors (Lipinski definition) is 5. The van der Waals surface area contributed by atoms with Crippen molar-refractivity contribution in [2.45, 2.75) is 26.8 Å².